The lowest BCUT2D eigenvalue weighted by atomic mass is 10.1. The number of thioether (sulfide) groups is 1. The van der Waals surface area contributed by atoms with Gasteiger partial charge in [0.25, 0.3) is 0 Å². The Morgan fingerprint density at radius 2 is 1.81 bits per heavy atom. The summed E-state index contributed by atoms with van der Waals surface area (Å²) in [6, 6.07) is 8.71. The lowest BCUT2D eigenvalue weighted by Gasteiger charge is -2.19. The summed E-state index contributed by atoms with van der Waals surface area (Å²) in [7, 11) is 0. The van der Waals surface area contributed by atoms with E-state index in [0.717, 1.165) is 23.8 Å². The molecular formula is C17H29NO2S. The van der Waals surface area contributed by atoms with E-state index in [2.05, 4.69) is 31.3 Å². The molecule has 0 heterocycles. The zero-order valence-electron chi connectivity index (χ0n) is 13.6. The molecule has 3 nitrogen and oxygen atoms in total. The van der Waals surface area contributed by atoms with Gasteiger partial charge >= 0.3 is 0 Å². The van der Waals surface area contributed by atoms with Crippen LogP contribution in [0.3, 0.4) is 0 Å². The van der Waals surface area contributed by atoms with Crippen molar-refractivity contribution in [3.8, 4) is 5.75 Å². The van der Waals surface area contributed by atoms with Gasteiger partial charge in [-0.2, -0.15) is 11.8 Å². The van der Waals surface area contributed by atoms with E-state index in [1.165, 1.54) is 5.56 Å². The first-order valence-electron chi connectivity index (χ1n) is 7.75. The first-order chi connectivity index (χ1) is 10.1. The number of benzene rings is 1. The predicted octanol–water partition coefficient (Wildman–Crippen LogP) is 3.49. The molecule has 0 aliphatic rings. The SMILES string of the molecule is CCNC(CSCC(C)CO)c1ccc(OC(C)C)cc1. The van der Waals surface area contributed by atoms with Crippen LogP contribution >= 0.6 is 11.8 Å². The van der Waals surface area contributed by atoms with Gasteiger partial charge in [0.05, 0.1) is 6.10 Å². The van der Waals surface area contributed by atoms with Gasteiger partial charge in [-0.15, -0.1) is 0 Å². The maximum absolute atomic E-state index is 9.08. The Kier molecular flexibility index (Phi) is 8.81. The number of ether oxygens (including phenoxy) is 1. The fourth-order valence-electron chi connectivity index (χ4n) is 2.01. The Bertz CT molecular complexity index is 381. The third kappa shape index (κ3) is 7.21. The van der Waals surface area contributed by atoms with Crippen LogP contribution in [0.15, 0.2) is 24.3 Å². The van der Waals surface area contributed by atoms with Gasteiger partial charge in [-0.25, -0.2) is 0 Å². The van der Waals surface area contributed by atoms with Gasteiger partial charge < -0.3 is 15.2 Å². The largest absolute Gasteiger partial charge is 0.491 e. The van der Waals surface area contributed by atoms with E-state index < -0.39 is 0 Å². The van der Waals surface area contributed by atoms with Crippen LogP contribution in [-0.4, -0.2) is 35.9 Å². The fraction of sp³-hybridized carbons (Fsp3) is 0.647. The Balaban J connectivity index is 2.58. The average molecular weight is 311 g/mol. The Morgan fingerprint density at radius 1 is 1.14 bits per heavy atom. The topological polar surface area (TPSA) is 41.5 Å². The monoisotopic (exact) mass is 311 g/mol. The van der Waals surface area contributed by atoms with Crippen molar-refractivity contribution < 1.29 is 9.84 Å². The summed E-state index contributed by atoms with van der Waals surface area (Å²) < 4.78 is 5.68. The van der Waals surface area contributed by atoms with Crippen molar-refractivity contribution >= 4 is 11.8 Å². The molecule has 0 fully saturated rings. The second kappa shape index (κ2) is 10.1. The quantitative estimate of drug-likeness (QED) is 0.694. The second-order valence-corrected chi connectivity index (χ2v) is 6.75. The molecule has 120 valence electrons. The van der Waals surface area contributed by atoms with Crippen LogP contribution in [0.4, 0.5) is 0 Å². The van der Waals surface area contributed by atoms with Gasteiger partial charge in [0.1, 0.15) is 5.75 Å². The molecule has 2 unspecified atom stereocenters. The van der Waals surface area contributed by atoms with E-state index in [4.69, 9.17) is 9.84 Å². The highest BCUT2D eigenvalue weighted by Crippen LogP contribution is 2.23. The summed E-state index contributed by atoms with van der Waals surface area (Å²) in [5, 5.41) is 12.6. The maximum atomic E-state index is 9.08. The minimum atomic E-state index is 0.205. The van der Waals surface area contributed by atoms with Crippen LogP contribution in [0.25, 0.3) is 0 Å². The number of aliphatic hydroxyl groups excluding tert-OH is 1. The summed E-state index contributed by atoms with van der Waals surface area (Å²) in [6.45, 7) is 9.49. The van der Waals surface area contributed by atoms with Crippen LogP contribution in [-0.2, 0) is 0 Å². The van der Waals surface area contributed by atoms with Crippen molar-refractivity contribution in [1.82, 2.24) is 5.32 Å². The molecule has 1 aromatic rings. The first kappa shape index (κ1) is 18.3. The molecule has 4 heteroatoms. The summed E-state index contributed by atoms with van der Waals surface area (Å²) in [5.74, 6) is 3.29. The van der Waals surface area contributed by atoms with E-state index in [0.29, 0.717) is 12.0 Å². The third-order valence-electron chi connectivity index (χ3n) is 3.10. The molecule has 1 rings (SSSR count). The van der Waals surface area contributed by atoms with Gasteiger partial charge in [0, 0.05) is 18.4 Å². The molecule has 0 aliphatic carbocycles. The number of nitrogens with one attached hydrogen (secondary N) is 1. The molecule has 0 saturated heterocycles. The first-order valence-corrected chi connectivity index (χ1v) is 8.90. The minimum Gasteiger partial charge on any atom is -0.491 e. The van der Waals surface area contributed by atoms with Gasteiger partial charge in [-0.05, 0) is 49.8 Å². The number of rotatable bonds is 10. The predicted molar refractivity (Wildman–Crippen MR) is 92.2 cm³/mol. The summed E-state index contributed by atoms with van der Waals surface area (Å²) in [5.41, 5.74) is 1.29. The highest BCUT2D eigenvalue weighted by molar-refractivity contribution is 7.99. The van der Waals surface area contributed by atoms with E-state index in [-0.39, 0.29) is 12.7 Å². The van der Waals surface area contributed by atoms with E-state index >= 15 is 0 Å². The van der Waals surface area contributed by atoms with Crippen LogP contribution in [0.1, 0.15) is 39.3 Å². The van der Waals surface area contributed by atoms with Crippen LogP contribution in [0, 0.1) is 5.92 Å². The van der Waals surface area contributed by atoms with Crippen molar-refractivity contribution in [2.45, 2.75) is 39.8 Å². The van der Waals surface area contributed by atoms with Crippen molar-refractivity contribution in [2.24, 2.45) is 5.92 Å². The van der Waals surface area contributed by atoms with Crippen molar-refractivity contribution in [3.63, 3.8) is 0 Å². The highest BCUT2D eigenvalue weighted by Gasteiger charge is 2.11. The molecule has 0 aromatic heterocycles. The molecule has 0 saturated carbocycles. The van der Waals surface area contributed by atoms with Crippen LogP contribution in [0.5, 0.6) is 5.75 Å². The zero-order chi connectivity index (χ0) is 15.7. The second-order valence-electron chi connectivity index (χ2n) is 5.67. The molecule has 21 heavy (non-hydrogen) atoms. The lowest BCUT2D eigenvalue weighted by molar-refractivity contribution is 0.242. The fourth-order valence-corrected chi connectivity index (χ4v) is 3.20. The highest BCUT2D eigenvalue weighted by atomic mass is 32.2. The smallest absolute Gasteiger partial charge is 0.119 e. The molecule has 0 bridgehead atoms. The van der Waals surface area contributed by atoms with Gasteiger partial charge in [-0.1, -0.05) is 26.0 Å². The molecule has 2 atom stereocenters. The van der Waals surface area contributed by atoms with Crippen LogP contribution in [0.2, 0.25) is 0 Å². The number of hydrogen-bond acceptors (Lipinski definition) is 4. The molecule has 0 spiro atoms. The maximum Gasteiger partial charge on any atom is 0.119 e. The van der Waals surface area contributed by atoms with E-state index in [9.17, 15) is 0 Å². The molecule has 0 amide bonds. The molecule has 2 N–H and O–H groups in total. The third-order valence-corrected chi connectivity index (χ3v) is 4.48. The number of aliphatic hydroxyl groups is 1. The van der Waals surface area contributed by atoms with Crippen molar-refractivity contribution in [1.29, 1.82) is 0 Å². The van der Waals surface area contributed by atoms with E-state index in [1.54, 1.807) is 0 Å². The lowest BCUT2D eigenvalue weighted by Crippen LogP contribution is -2.23. The molecule has 0 radical (unpaired) electrons. The zero-order valence-corrected chi connectivity index (χ0v) is 14.5. The summed E-state index contributed by atoms with van der Waals surface area (Å²) in [6.07, 6.45) is 0.205. The number of hydrogen-bond donors (Lipinski definition) is 2. The minimum absolute atomic E-state index is 0.205. The Hall–Kier alpha value is -0.710. The molecule has 1 aromatic carbocycles. The van der Waals surface area contributed by atoms with Gasteiger partial charge in [0.15, 0.2) is 0 Å². The molecule has 0 aliphatic heterocycles. The summed E-state index contributed by atoms with van der Waals surface area (Å²) >= 11 is 1.89. The van der Waals surface area contributed by atoms with Crippen molar-refractivity contribution in [2.75, 3.05) is 24.7 Å². The normalized spacial score (nSPS) is 14.2. The molecular weight excluding hydrogens is 282 g/mol. The van der Waals surface area contributed by atoms with Crippen molar-refractivity contribution in [3.05, 3.63) is 29.8 Å². The summed E-state index contributed by atoms with van der Waals surface area (Å²) in [4.78, 5) is 0. The Morgan fingerprint density at radius 3 is 2.33 bits per heavy atom. The standard InChI is InChI=1S/C17H29NO2S/c1-5-18-17(12-21-11-14(4)10-19)15-6-8-16(9-7-15)20-13(2)3/h6-9,13-14,17-19H,5,10-12H2,1-4H3. The average Bonchev–Trinajstić information content (AvgIpc) is 2.46. The van der Waals surface area contributed by atoms with E-state index in [1.807, 2.05) is 37.7 Å². The van der Waals surface area contributed by atoms with Crippen LogP contribution < -0.4 is 10.1 Å². The Labute approximate surface area is 133 Å². The van der Waals surface area contributed by atoms with Gasteiger partial charge in [-0.3, -0.25) is 0 Å². The van der Waals surface area contributed by atoms with Gasteiger partial charge in [0.2, 0.25) is 0 Å².